The molecular weight excluding hydrogens is 324 g/mol. The van der Waals surface area contributed by atoms with Crippen molar-refractivity contribution in [1.82, 2.24) is 10.2 Å². The van der Waals surface area contributed by atoms with Gasteiger partial charge in [0.25, 0.3) is 5.91 Å². The highest BCUT2D eigenvalue weighted by atomic mass is 16.5. The number of carbonyl (C=O) groups is 1. The van der Waals surface area contributed by atoms with Crippen LogP contribution in [-0.4, -0.2) is 30.5 Å². The number of nitrogens with zero attached hydrogens (tertiary/aromatic N) is 1. The molecule has 4 heteroatoms. The van der Waals surface area contributed by atoms with E-state index in [0.717, 1.165) is 23.4 Å². The lowest BCUT2D eigenvalue weighted by Crippen LogP contribution is -2.28. The van der Waals surface area contributed by atoms with Crippen LogP contribution in [0.2, 0.25) is 0 Å². The minimum Gasteiger partial charge on any atom is -0.484 e. The van der Waals surface area contributed by atoms with Crippen molar-refractivity contribution >= 4 is 5.91 Å². The van der Waals surface area contributed by atoms with Crippen LogP contribution in [0.3, 0.4) is 0 Å². The zero-order valence-electron chi connectivity index (χ0n) is 15.8. The first-order chi connectivity index (χ1) is 12.6. The number of aryl methyl sites for hydroxylation is 2. The molecule has 1 aliphatic heterocycles. The second-order valence-corrected chi connectivity index (χ2v) is 7.13. The van der Waals surface area contributed by atoms with Gasteiger partial charge in [-0.25, -0.2) is 0 Å². The van der Waals surface area contributed by atoms with E-state index in [2.05, 4.69) is 40.5 Å². The van der Waals surface area contributed by atoms with Crippen molar-refractivity contribution < 1.29 is 9.53 Å². The monoisotopic (exact) mass is 352 g/mol. The zero-order chi connectivity index (χ0) is 18.4. The molecule has 1 fully saturated rings. The number of amides is 1. The summed E-state index contributed by atoms with van der Waals surface area (Å²) in [6.07, 6.45) is 2.63. The van der Waals surface area contributed by atoms with Crippen molar-refractivity contribution in [2.75, 3.05) is 19.7 Å². The second-order valence-electron chi connectivity index (χ2n) is 7.13. The molecule has 0 saturated carbocycles. The molecule has 1 N–H and O–H groups in total. The fourth-order valence-electron chi connectivity index (χ4n) is 3.32. The van der Waals surface area contributed by atoms with Crippen LogP contribution in [0.15, 0.2) is 42.5 Å². The van der Waals surface area contributed by atoms with Crippen molar-refractivity contribution in [1.29, 1.82) is 0 Å². The molecule has 0 atom stereocenters. The van der Waals surface area contributed by atoms with Crippen molar-refractivity contribution in [3.8, 4) is 5.75 Å². The summed E-state index contributed by atoms with van der Waals surface area (Å²) in [4.78, 5) is 14.5. The van der Waals surface area contributed by atoms with Gasteiger partial charge in [-0.05, 0) is 62.5 Å². The number of hydrogen-bond donors (Lipinski definition) is 1. The molecule has 0 spiro atoms. The summed E-state index contributed by atoms with van der Waals surface area (Å²) in [5, 5.41) is 2.92. The van der Waals surface area contributed by atoms with Gasteiger partial charge in [0, 0.05) is 13.1 Å². The molecule has 0 unspecified atom stereocenters. The molecular formula is C22H28N2O2. The lowest BCUT2D eigenvalue weighted by Gasteiger charge is -2.14. The maximum atomic E-state index is 12.0. The summed E-state index contributed by atoms with van der Waals surface area (Å²) >= 11 is 0. The smallest absolute Gasteiger partial charge is 0.258 e. The Kier molecular flexibility index (Phi) is 6.29. The van der Waals surface area contributed by atoms with Crippen LogP contribution in [0.4, 0.5) is 0 Å². The summed E-state index contributed by atoms with van der Waals surface area (Å²) < 4.78 is 5.62. The van der Waals surface area contributed by atoms with Crippen LogP contribution in [0.5, 0.6) is 5.75 Å². The third-order valence-corrected chi connectivity index (χ3v) is 4.81. The van der Waals surface area contributed by atoms with Crippen LogP contribution in [0.25, 0.3) is 0 Å². The van der Waals surface area contributed by atoms with E-state index < -0.39 is 0 Å². The highest BCUT2D eigenvalue weighted by molar-refractivity contribution is 5.77. The van der Waals surface area contributed by atoms with Crippen molar-refractivity contribution in [3.63, 3.8) is 0 Å². The Balaban J connectivity index is 1.42. The predicted molar refractivity (Wildman–Crippen MR) is 104 cm³/mol. The molecule has 0 aliphatic carbocycles. The molecule has 1 amide bonds. The van der Waals surface area contributed by atoms with Crippen LogP contribution in [0.1, 0.15) is 35.1 Å². The minimum atomic E-state index is -0.105. The number of rotatable bonds is 7. The normalized spacial score (nSPS) is 14.4. The summed E-state index contributed by atoms with van der Waals surface area (Å²) in [5.41, 5.74) is 4.68. The van der Waals surface area contributed by atoms with Gasteiger partial charge in [-0.2, -0.15) is 0 Å². The van der Waals surface area contributed by atoms with E-state index in [0.29, 0.717) is 6.54 Å². The van der Waals surface area contributed by atoms with Crippen molar-refractivity contribution in [2.45, 2.75) is 39.8 Å². The van der Waals surface area contributed by atoms with E-state index >= 15 is 0 Å². The molecule has 1 saturated heterocycles. The van der Waals surface area contributed by atoms with Gasteiger partial charge in [0.2, 0.25) is 0 Å². The molecule has 3 rings (SSSR count). The summed E-state index contributed by atoms with van der Waals surface area (Å²) in [6.45, 7) is 8.03. The fourth-order valence-corrected chi connectivity index (χ4v) is 3.32. The highest BCUT2D eigenvalue weighted by Crippen LogP contribution is 2.18. The van der Waals surface area contributed by atoms with Crippen LogP contribution >= 0.6 is 0 Å². The van der Waals surface area contributed by atoms with Crippen molar-refractivity contribution in [2.24, 2.45) is 0 Å². The number of hydrogen-bond acceptors (Lipinski definition) is 3. The lowest BCUT2D eigenvalue weighted by molar-refractivity contribution is -0.123. The Morgan fingerprint density at radius 3 is 2.42 bits per heavy atom. The van der Waals surface area contributed by atoms with Gasteiger partial charge in [-0.15, -0.1) is 0 Å². The predicted octanol–water partition coefficient (Wildman–Crippen LogP) is 3.59. The van der Waals surface area contributed by atoms with Crippen LogP contribution < -0.4 is 10.1 Å². The van der Waals surface area contributed by atoms with Gasteiger partial charge < -0.3 is 10.1 Å². The standard InChI is InChI=1S/C22H28N2O2/c1-17-5-10-21(18(2)13-17)26-16-22(25)23-14-19-6-8-20(9-7-19)15-24-11-3-4-12-24/h5-10,13H,3-4,11-12,14-16H2,1-2H3,(H,23,25). The zero-order valence-corrected chi connectivity index (χ0v) is 15.8. The number of ether oxygens (including phenoxy) is 1. The van der Waals surface area contributed by atoms with Crippen LogP contribution in [-0.2, 0) is 17.9 Å². The topological polar surface area (TPSA) is 41.6 Å². The third-order valence-electron chi connectivity index (χ3n) is 4.81. The Bertz CT molecular complexity index is 734. The summed E-state index contributed by atoms with van der Waals surface area (Å²) in [6, 6.07) is 14.5. The molecule has 2 aromatic rings. The Morgan fingerprint density at radius 1 is 1.04 bits per heavy atom. The van der Waals surface area contributed by atoms with E-state index in [1.807, 2.05) is 26.0 Å². The van der Waals surface area contributed by atoms with E-state index in [-0.39, 0.29) is 12.5 Å². The molecule has 26 heavy (non-hydrogen) atoms. The minimum absolute atomic E-state index is 0.0386. The Hall–Kier alpha value is -2.33. The quantitative estimate of drug-likeness (QED) is 0.828. The largest absolute Gasteiger partial charge is 0.484 e. The molecule has 0 radical (unpaired) electrons. The molecule has 1 aliphatic rings. The van der Waals surface area contributed by atoms with Crippen molar-refractivity contribution in [3.05, 3.63) is 64.7 Å². The van der Waals surface area contributed by atoms with Gasteiger partial charge in [0.1, 0.15) is 5.75 Å². The van der Waals surface area contributed by atoms with Crippen LogP contribution in [0, 0.1) is 13.8 Å². The molecule has 138 valence electrons. The summed E-state index contributed by atoms with van der Waals surface area (Å²) in [5.74, 6) is 0.656. The fraction of sp³-hybridized carbons (Fsp3) is 0.409. The maximum absolute atomic E-state index is 12.0. The first-order valence-electron chi connectivity index (χ1n) is 9.37. The second kappa shape index (κ2) is 8.86. The van der Waals surface area contributed by atoms with Gasteiger partial charge in [-0.3, -0.25) is 9.69 Å². The average molecular weight is 352 g/mol. The first kappa shape index (κ1) is 18.5. The Labute approximate surface area is 156 Å². The summed E-state index contributed by atoms with van der Waals surface area (Å²) in [7, 11) is 0. The first-order valence-corrected chi connectivity index (χ1v) is 9.37. The molecule has 4 nitrogen and oxygen atoms in total. The molecule has 2 aromatic carbocycles. The van der Waals surface area contributed by atoms with Gasteiger partial charge in [-0.1, -0.05) is 42.0 Å². The number of nitrogens with one attached hydrogen (secondary N) is 1. The van der Waals surface area contributed by atoms with E-state index in [1.165, 1.54) is 37.1 Å². The average Bonchev–Trinajstić information content (AvgIpc) is 3.13. The van der Waals surface area contributed by atoms with Gasteiger partial charge >= 0.3 is 0 Å². The number of carbonyl (C=O) groups excluding carboxylic acids is 1. The molecule has 0 aromatic heterocycles. The Morgan fingerprint density at radius 2 is 1.73 bits per heavy atom. The van der Waals surface area contributed by atoms with Gasteiger partial charge in [0.05, 0.1) is 0 Å². The lowest BCUT2D eigenvalue weighted by atomic mass is 10.1. The highest BCUT2D eigenvalue weighted by Gasteiger charge is 2.11. The SMILES string of the molecule is Cc1ccc(OCC(=O)NCc2ccc(CN3CCCC3)cc2)c(C)c1. The van der Waals surface area contributed by atoms with E-state index in [4.69, 9.17) is 4.74 Å². The number of benzene rings is 2. The maximum Gasteiger partial charge on any atom is 0.258 e. The molecule has 1 heterocycles. The van der Waals surface area contributed by atoms with E-state index in [1.54, 1.807) is 0 Å². The molecule has 0 bridgehead atoms. The third kappa shape index (κ3) is 5.33. The van der Waals surface area contributed by atoms with Gasteiger partial charge in [0.15, 0.2) is 6.61 Å². The van der Waals surface area contributed by atoms with E-state index in [9.17, 15) is 4.79 Å². The number of likely N-dealkylation sites (tertiary alicyclic amines) is 1.